The quantitative estimate of drug-likeness (QED) is 0.801. The van der Waals surface area contributed by atoms with Crippen LogP contribution in [0, 0.1) is 12.8 Å². The van der Waals surface area contributed by atoms with Crippen molar-refractivity contribution >= 4 is 5.82 Å². The third-order valence-electron chi connectivity index (χ3n) is 2.73. The zero-order valence-corrected chi connectivity index (χ0v) is 9.99. The van der Waals surface area contributed by atoms with Crippen LogP contribution < -0.4 is 10.1 Å². The Hall–Kier alpha value is -1.32. The van der Waals surface area contributed by atoms with E-state index in [9.17, 15) is 0 Å². The summed E-state index contributed by atoms with van der Waals surface area (Å²) in [5.74, 6) is 2.37. The molecule has 1 aromatic rings. The summed E-state index contributed by atoms with van der Waals surface area (Å²) in [7, 11) is 0. The third kappa shape index (κ3) is 2.84. The van der Waals surface area contributed by atoms with Crippen molar-refractivity contribution < 1.29 is 4.74 Å². The molecule has 0 spiro atoms. The molecule has 1 heterocycles. The van der Waals surface area contributed by atoms with Crippen LogP contribution in [0.4, 0.5) is 5.82 Å². The van der Waals surface area contributed by atoms with Crippen LogP contribution in [-0.4, -0.2) is 23.1 Å². The van der Waals surface area contributed by atoms with Gasteiger partial charge in [0.25, 0.3) is 0 Å². The molecule has 1 fully saturated rings. The number of nitrogens with one attached hydrogen (secondary N) is 1. The van der Waals surface area contributed by atoms with E-state index in [2.05, 4.69) is 22.2 Å². The summed E-state index contributed by atoms with van der Waals surface area (Å²) in [5.41, 5.74) is 1.01. The molecule has 0 atom stereocenters. The third-order valence-corrected chi connectivity index (χ3v) is 2.73. The van der Waals surface area contributed by atoms with Gasteiger partial charge in [0.15, 0.2) is 0 Å². The summed E-state index contributed by atoms with van der Waals surface area (Å²) < 4.78 is 5.69. The minimum Gasteiger partial charge on any atom is -0.477 e. The number of ether oxygens (including phenoxy) is 1. The first-order valence-corrected chi connectivity index (χ1v) is 5.99. The van der Waals surface area contributed by atoms with Crippen LogP contribution in [0.15, 0.2) is 6.33 Å². The minimum absolute atomic E-state index is 0.723. The van der Waals surface area contributed by atoms with E-state index in [4.69, 9.17) is 4.74 Å². The SMILES string of the molecule is CCCNc1ncnc(OCC2CC2)c1C. The fourth-order valence-corrected chi connectivity index (χ4v) is 1.48. The molecule has 0 aromatic carbocycles. The van der Waals surface area contributed by atoms with Crippen LogP contribution in [0.25, 0.3) is 0 Å². The molecule has 1 aliphatic rings. The van der Waals surface area contributed by atoms with E-state index in [0.29, 0.717) is 0 Å². The maximum Gasteiger partial charge on any atom is 0.221 e. The summed E-state index contributed by atoms with van der Waals surface area (Å²) in [6.45, 7) is 5.86. The van der Waals surface area contributed by atoms with Crippen LogP contribution in [0.1, 0.15) is 31.7 Å². The fourth-order valence-electron chi connectivity index (χ4n) is 1.48. The average molecular weight is 221 g/mol. The molecule has 16 heavy (non-hydrogen) atoms. The van der Waals surface area contributed by atoms with E-state index in [1.807, 2.05) is 6.92 Å². The number of hydrogen-bond donors (Lipinski definition) is 1. The van der Waals surface area contributed by atoms with Crippen molar-refractivity contribution in [3.05, 3.63) is 11.9 Å². The number of hydrogen-bond acceptors (Lipinski definition) is 4. The first kappa shape index (κ1) is 11.2. The summed E-state index contributed by atoms with van der Waals surface area (Å²) in [6, 6.07) is 0. The highest BCUT2D eigenvalue weighted by Crippen LogP contribution is 2.30. The molecule has 1 aromatic heterocycles. The first-order valence-electron chi connectivity index (χ1n) is 5.99. The van der Waals surface area contributed by atoms with E-state index >= 15 is 0 Å². The van der Waals surface area contributed by atoms with Crippen molar-refractivity contribution in [1.82, 2.24) is 9.97 Å². The van der Waals surface area contributed by atoms with E-state index in [-0.39, 0.29) is 0 Å². The van der Waals surface area contributed by atoms with E-state index < -0.39 is 0 Å². The molecule has 0 radical (unpaired) electrons. The van der Waals surface area contributed by atoms with Gasteiger partial charge in [0, 0.05) is 6.54 Å². The molecule has 0 unspecified atom stereocenters. The van der Waals surface area contributed by atoms with Crippen molar-refractivity contribution in [3.63, 3.8) is 0 Å². The Kier molecular flexibility index (Phi) is 3.59. The molecule has 1 N–H and O–H groups in total. The van der Waals surface area contributed by atoms with Gasteiger partial charge < -0.3 is 10.1 Å². The number of anilines is 1. The van der Waals surface area contributed by atoms with Crippen molar-refractivity contribution in [2.75, 3.05) is 18.5 Å². The highest BCUT2D eigenvalue weighted by Gasteiger charge is 2.22. The molecule has 2 rings (SSSR count). The lowest BCUT2D eigenvalue weighted by Crippen LogP contribution is -2.08. The van der Waals surface area contributed by atoms with E-state index in [1.165, 1.54) is 12.8 Å². The highest BCUT2D eigenvalue weighted by atomic mass is 16.5. The lowest BCUT2D eigenvalue weighted by Gasteiger charge is -2.11. The Bertz CT molecular complexity index is 350. The van der Waals surface area contributed by atoms with Crippen LogP contribution in [0.2, 0.25) is 0 Å². The highest BCUT2D eigenvalue weighted by molar-refractivity contribution is 5.47. The molecule has 0 aliphatic heterocycles. The molecule has 0 saturated heterocycles. The minimum atomic E-state index is 0.723. The molecule has 4 heteroatoms. The lowest BCUT2D eigenvalue weighted by molar-refractivity contribution is 0.286. The van der Waals surface area contributed by atoms with Gasteiger partial charge in [-0.3, -0.25) is 0 Å². The second-order valence-electron chi connectivity index (χ2n) is 4.33. The van der Waals surface area contributed by atoms with Gasteiger partial charge >= 0.3 is 0 Å². The normalized spacial score (nSPS) is 14.9. The van der Waals surface area contributed by atoms with Gasteiger partial charge in [-0.25, -0.2) is 9.97 Å². The van der Waals surface area contributed by atoms with Crippen LogP contribution in [0.5, 0.6) is 5.88 Å². The predicted octanol–water partition coefficient (Wildman–Crippen LogP) is 2.40. The molecule has 1 aliphatic carbocycles. The van der Waals surface area contributed by atoms with Gasteiger partial charge in [0.1, 0.15) is 12.1 Å². The second-order valence-corrected chi connectivity index (χ2v) is 4.33. The fraction of sp³-hybridized carbons (Fsp3) is 0.667. The summed E-state index contributed by atoms with van der Waals surface area (Å²) in [4.78, 5) is 8.39. The van der Waals surface area contributed by atoms with E-state index in [1.54, 1.807) is 6.33 Å². The zero-order valence-electron chi connectivity index (χ0n) is 9.99. The van der Waals surface area contributed by atoms with E-state index in [0.717, 1.165) is 42.8 Å². The Balaban J connectivity index is 1.99. The Morgan fingerprint density at radius 2 is 2.25 bits per heavy atom. The first-order chi connectivity index (χ1) is 7.81. The molecule has 0 bridgehead atoms. The largest absolute Gasteiger partial charge is 0.477 e. The van der Waals surface area contributed by atoms with Gasteiger partial charge in [-0.05, 0) is 32.1 Å². The average Bonchev–Trinajstić information content (AvgIpc) is 3.10. The Morgan fingerprint density at radius 1 is 1.44 bits per heavy atom. The van der Waals surface area contributed by atoms with Crippen LogP contribution in [-0.2, 0) is 0 Å². The molecule has 4 nitrogen and oxygen atoms in total. The number of nitrogens with zero attached hydrogens (tertiary/aromatic N) is 2. The van der Waals surface area contributed by atoms with Gasteiger partial charge in [-0.1, -0.05) is 6.92 Å². The van der Waals surface area contributed by atoms with Gasteiger partial charge in [-0.2, -0.15) is 0 Å². The smallest absolute Gasteiger partial charge is 0.221 e. The molecular weight excluding hydrogens is 202 g/mol. The van der Waals surface area contributed by atoms with Crippen molar-refractivity contribution in [2.24, 2.45) is 5.92 Å². The van der Waals surface area contributed by atoms with Gasteiger partial charge in [-0.15, -0.1) is 0 Å². The maximum absolute atomic E-state index is 5.69. The van der Waals surface area contributed by atoms with Gasteiger partial charge in [0.05, 0.1) is 12.2 Å². The monoisotopic (exact) mass is 221 g/mol. The molecule has 88 valence electrons. The van der Waals surface area contributed by atoms with Crippen molar-refractivity contribution in [3.8, 4) is 5.88 Å². The molecule has 0 amide bonds. The Morgan fingerprint density at radius 3 is 2.94 bits per heavy atom. The zero-order chi connectivity index (χ0) is 11.4. The molecular formula is C12H19N3O. The van der Waals surface area contributed by atoms with Crippen LogP contribution >= 0.6 is 0 Å². The standard InChI is InChI=1S/C12H19N3O/c1-3-6-13-11-9(2)12(15-8-14-11)16-7-10-4-5-10/h8,10H,3-7H2,1-2H3,(H,13,14,15). The maximum atomic E-state index is 5.69. The molecule has 1 saturated carbocycles. The summed E-state index contributed by atoms with van der Waals surface area (Å²) in [5, 5.41) is 3.28. The number of aromatic nitrogens is 2. The summed E-state index contributed by atoms with van der Waals surface area (Å²) in [6.07, 6.45) is 5.24. The topological polar surface area (TPSA) is 47.0 Å². The van der Waals surface area contributed by atoms with Crippen LogP contribution in [0.3, 0.4) is 0 Å². The lowest BCUT2D eigenvalue weighted by atomic mass is 10.3. The second kappa shape index (κ2) is 5.14. The summed E-state index contributed by atoms with van der Waals surface area (Å²) >= 11 is 0. The van der Waals surface area contributed by atoms with Crippen molar-refractivity contribution in [1.29, 1.82) is 0 Å². The van der Waals surface area contributed by atoms with Crippen molar-refractivity contribution in [2.45, 2.75) is 33.1 Å². The Labute approximate surface area is 96.4 Å². The predicted molar refractivity (Wildman–Crippen MR) is 63.8 cm³/mol. The van der Waals surface area contributed by atoms with Gasteiger partial charge in [0.2, 0.25) is 5.88 Å². The number of rotatable bonds is 6.